The van der Waals surface area contributed by atoms with Crippen LogP contribution in [-0.2, 0) is 6.42 Å². The Balaban J connectivity index is 2.08. The monoisotopic (exact) mass is 359 g/mol. The smallest absolute Gasteiger partial charge is 0.125 e. The lowest BCUT2D eigenvalue weighted by molar-refractivity contribution is 0.319. The number of phenolic OH excluding ortho intramolecular Hbond substituents is 1. The maximum atomic E-state index is 10.2. The summed E-state index contributed by atoms with van der Waals surface area (Å²) in [5.74, 6) is 0.106. The summed E-state index contributed by atoms with van der Waals surface area (Å²) < 4.78 is 0. The number of benzene rings is 2. The van der Waals surface area contributed by atoms with Crippen LogP contribution >= 0.6 is 11.6 Å². The van der Waals surface area contributed by atoms with Crippen molar-refractivity contribution in [1.29, 1.82) is 0 Å². The highest BCUT2D eigenvalue weighted by molar-refractivity contribution is 6.30. The molecule has 0 saturated carbocycles. The van der Waals surface area contributed by atoms with Crippen LogP contribution in [0, 0.1) is 0 Å². The Morgan fingerprint density at radius 2 is 1.64 bits per heavy atom. The van der Waals surface area contributed by atoms with E-state index in [0.717, 1.165) is 18.4 Å². The lowest BCUT2D eigenvalue weighted by Crippen LogP contribution is -2.04. The minimum Gasteiger partial charge on any atom is -0.507 e. The molecule has 0 unspecified atom stereocenters. The average Bonchev–Trinajstić information content (AvgIpc) is 2.62. The van der Waals surface area contributed by atoms with E-state index in [2.05, 4.69) is 12.1 Å². The van der Waals surface area contributed by atoms with E-state index in [0.29, 0.717) is 21.9 Å². The second-order valence-electron chi connectivity index (χ2n) is 6.32. The molecule has 0 radical (unpaired) electrons. The van der Waals surface area contributed by atoms with Gasteiger partial charge < -0.3 is 10.3 Å². The van der Waals surface area contributed by atoms with Crippen molar-refractivity contribution >= 4 is 17.3 Å². The van der Waals surface area contributed by atoms with Gasteiger partial charge in [-0.05, 0) is 42.7 Å². The summed E-state index contributed by atoms with van der Waals surface area (Å²) in [7, 11) is 0. The summed E-state index contributed by atoms with van der Waals surface area (Å²) in [4.78, 5) is 0. The van der Waals surface area contributed by atoms with Crippen LogP contribution in [0.4, 0.5) is 0 Å². The molecule has 0 aliphatic heterocycles. The van der Waals surface area contributed by atoms with Gasteiger partial charge in [0, 0.05) is 16.1 Å². The zero-order valence-corrected chi connectivity index (χ0v) is 15.5. The lowest BCUT2D eigenvalue weighted by atomic mass is 9.97. The van der Waals surface area contributed by atoms with Crippen molar-refractivity contribution in [3.8, 4) is 5.75 Å². The molecule has 4 heteroatoms. The molecule has 0 bridgehead atoms. The molecular weight excluding hydrogens is 334 g/mol. The van der Waals surface area contributed by atoms with E-state index in [9.17, 15) is 10.3 Å². The fourth-order valence-corrected chi connectivity index (χ4v) is 3.04. The Kier molecular flexibility index (Phi) is 7.80. The number of nitrogens with zero attached hydrogens (tertiary/aromatic N) is 1. The molecule has 2 aromatic rings. The van der Waals surface area contributed by atoms with Crippen molar-refractivity contribution in [1.82, 2.24) is 0 Å². The van der Waals surface area contributed by atoms with Crippen molar-refractivity contribution in [2.45, 2.75) is 51.9 Å². The summed E-state index contributed by atoms with van der Waals surface area (Å²) in [6, 6.07) is 12.5. The highest BCUT2D eigenvalue weighted by Gasteiger charge is 2.13. The van der Waals surface area contributed by atoms with E-state index < -0.39 is 0 Å². The van der Waals surface area contributed by atoms with Crippen LogP contribution in [0.5, 0.6) is 5.75 Å². The Labute approximate surface area is 155 Å². The number of hydrogen-bond acceptors (Lipinski definition) is 3. The molecule has 3 nitrogen and oxygen atoms in total. The maximum absolute atomic E-state index is 10.2. The van der Waals surface area contributed by atoms with E-state index in [4.69, 9.17) is 11.6 Å². The molecule has 134 valence electrons. The van der Waals surface area contributed by atoms with Gasteiger partial charge >= 0.3 is 0 Å². The van der Waals surface area contributed by atoms with Crippen molar-refractivity contribution in [2.24, 2.45) is 5.16 Å². The molecule has 0 aliphatic rings. The van der Waals surface area contributed by atoms with Crippen LogP contribution in [0.3, 0.4) is 0 Å². The van der Waals surface area contributed by atoms with Gasteiger partial charge in [0.05, 0.1) is 0 Å². The molecule has 0 atom stereocenters. The molecule has 0 amide bonds. The van der Waals surface area contributed by atoms with E-state index in [1.165, 1.54) is 32.1 Å². The molecule has 0 fully saturated rings. The number of unbranched alkanes of at least 4 members (excludes halogenated alkanes) is 5. The number of rotatable bonds is 9. The molecule has 2 rings (SSSR count). The maximum Gasteiger partial charge on any atom is 0.125 e. The first-order valence-corrected chi connectivity index (χ1v) is 9.33. The summed E-state index contributed by atoms with van der Waals surface area (Å²) >= 11 is 5.91. The van der Waals surface area contributed by atoms with Gasteiger partial charge in [0.25, 0.3) is 0 Å². The number of phenols is 1. The molecule has 0 aromatic heterocycles. The second kappa shape index (κ2) is 10.1. The zero-order chi connectivity index (χ0) is 18.1. The summed E-state index contributed by atoms with van der Waals surface area (Å²) in [6.45, 7) is 2.22. The van der Waals surface area contributed by atoms with E-state index in [1.54, 1.807) is 30.3 Å². The standard InChI is InChI=1S/C21H26ClNO2/c1-2-3-4-5-6-7-8-16-9-14-20(24)19(15-16)21(23-25)17-10-12-18(22)13-11-17/h9-15,24-25H,2-8H2,1H3/b23-21-. The molecule has 0 saturated heterocycles. The average molecular weight is 360 g/mol. The number of halogens is 1. The first kappa shape index (κ1) is 19.3. The fourth-order valence-electron chi connectivity index (χ4n) is 2.91. The van der Waals surface area contributed by atoms with Gasteiger partial charge in [-0.25, -0.2) is 0 Å². The first-order valence-electron chi connectivity index (χ1n) is 8.96. The van der Waals surface area contributed by atoms with Crippen molar-refractivity contribution < 1.29 is 10.3 Å². The zero-order valence-electron chi connectivity index (χ0n) is 14.7. The fraction of sp³-hybridized carbons (Fsp3) is 0.381. The summed E-state index contributed by atoms with van der Waals surface area (Å²) in [5, 5.41) is 23.7. The Morgan fingerprint density at radius 3 is 2.32 bits per heavy atom. The molecular formula is C21H26ClNO2. The summed E-state index contributed by atoms with van der Waals surface area (Å²) in [6.07, 6.45) is 8.44. The summed E-state index contributed by atoms with van der Waals surface area (Å²) in [5.41, 5.74) is 2.73. The van der Waals surface area contributed by atoms with Gasteiger partial charge in [0.1, 0.15) is 11.5 Å². The van der Waals surface area contributed by atoms with Crippen LogP contribution in [0.25, 0.3) is 0 Å². The molecule has 2 aromatic carbocycles. The minimum absolute atomic E-state index is 0.106. The van der Waals surface area contributed by atoms with Crippen molar-refractivity contribution in [2.75, 3.05) is 0 Å². The van der Waals surface area contributed by atoms with Gasteiger partial charge in [-0.3, -0.25) is 0 Å². The van der Waals surface area contributed by atoms with E-state index >= 15 is 0 Å². The number of aromatic hydroxyl groups is 1. The van der Waals surface area contributed by atoms with Gasteiger partial charge in [-0.1, -0.05) is 74.0 Å². The Hall–Kier alpha value is -2.00. The van der Waals surface area contributed by atoms with Crippen LogP contribution in [0.15, 0.2) is 47.6 Å². The second-order valence-corrected chi connectivity index (χ2v) is 6.76. The van der Waals surface area contributed by atoms with Crippen LogP contribution < -0.4 is 0 Å². The minimum atomic E-state index is 0.106. The molecule has 25 heavy (non-hydrogen) atoms. The van der Waals surface area contributed by atoms with Crippen LogP contribution in [0.2, 0.25) is 5.02 Å². The molecule has 0 heterocycles. The third-order valence-electron chi connectivity index (χ3n) is 4.35. The predicted molar refractivity (Wildman–Crippen MR) is 104 cm³/mol. The highest BCUT2D eigenvalue weighted by atomic mass is 35.5. The lowest BCUT2D eigenvalue weighted by Gasteiger charge is -2.10. The normalized spacial score (nSPS) is 11.7. The topological polar surface area (TPSA) is 52.8 Å². The third-order valence-corrected chi connectivity index (χ3v) is 4.60. The molecule has 2 N–H and O–H groups in total. The van der Waals surface area contributed by atoms with E-state index in [-0.39, 0.29) is 5.75 Å². The predicted octanol–water partition coefficient (Wildman–Crippen LogP) is 6.18. The third kappa shape index (κ3) is 5.79. The van der Waals surface area contributed by atoms with Crippen molar-refractivity contribution in [3.63, 3.8) is 0 Å². The molecule has 0 aliphatic carbocycles. The van der Waals surface area contributed by atoms with Crippen LogP contribution in [-0.4, -0.2) is 16.0 Å². The SMILES string of the molecule is CCCCCCCCc1ccc(O)c(/C(=N\O)c2ccc(Cl)cc2)c1. The van der Waals surface area contributed by atoms with Crippen LogP contribution in [0.1, 0.15) is 62.1 Å². The number of aryl methyl sites for hydroxylation is 1. The van der Waals surface area contributed by atoms with Crippen molar-refractivity contribution in [3.05, 3.63) is 64.2 Å². The molecule has 0 spiro atoms. The quantitative estimate of drug-likeness (QED) is 0.243. The highest BCUT2D eigenvalue weighted by Crippen LogP contribution is 2.24. The Bertz CT molecular complexity index is 696. The van der Waals surface area contributed by atoms with Gasteiger partial charge in [-0.15, -0.1) is 0 Å². The van der Waals surface area contributed by atoms with Gasteiger partial charge in [0.15, 0.2) is 0 Å². The van der Waals surface area contributed by atoms with E-state index in [1.807, 2.05) is 12.1 Å². The number of hydrogen-bond donors (Lipinski definition) is 2. The largest absolute Gasteiger partial charge is 0.507 e. The van der Waals surface area contributed by atoms with Gasteiger partial charge in [0.2, 0.25) is 0 Å². The number of oxime groups is 1. The first-order chi connectivity index (χ1) is 12.2. The van der Waals surface area contributed by atoms with Gasteiger partial charge in [-0.2, -0.15) is 0 Å². The Morgan fingerprint density at radius 1 is 0.960 bits per heavy atom.